The van der Waals surface area contributed by atoms with Crippen LogP contribution >= 0.6 is 0 Å². The maximum absolute atomic E-state index is 0. The molecule has 32 valence electrons. The van der Waals surface area contributed by atoms with Gasteiger partial charge in [0.1, 0.15) is 0 Å². The monoisotopic (exact) mass is 554 g/mol. The zero-order valence-electron chi connectivity index (χ0n) is 2.01. The van der Waals surface area contributed by atoms with Crippen LogP contribution in [0.1, 0.15) is 0 Å². The molecule has 0 rings (SSSR count). The molecule has 0 aromatic heterocycles. The predicted molar refractivity (Wildman–Crippen MR) is 0 cm³/mol. The standard InChI is InChI=1S/4BrH.U/h4*1H;/q;;;;+4/p-4. The van der Waals surface area contributed by atoms with Gasteiger partial charge in [0.15, 0.2) is 0 Å². The summed E-state index contributed by atoms with van der Waals surface area (Å²) in [5, 5.41) is 0. The minimum absolute atomic E-state index is 0. The first-order valence-corrected chi connectivity index (χ1v) is 0. The van der Waals surface area contributed by atoms with E-state index in [1.807, 2.05) is 0 Å². The fourth-order valence-electron chi connectivity index (χ4n) is 0. The first-order valence-electron chi connectivity index (χ1n) is 0. The van der Waals surface area contributed by atoms with Gasteiger partial charge in [0.05, 0.1) is 0 Å². The summed E-state index contributed by atoms with van der Waals surface area (Å²) in [4.78, 5) is 0. The van der Waals surface area contributed by atoms with E-state index in [0.29, 0.717) is 0 Å². The van der Waals surface area contributed by atoms with Gasteiger partial charge in [-0.25, -0.2) is 0 Å². The Morgan fingerprint density at radius 2 is 0.400 bits per heavy atom. The van der Waals surface area contributed by atoms with Gasteiger partial charge in [-0.05, 0) is 0 Å². The van der Waals surface area contributed by atoms with E-state index in [0.717, 1.165) is 0 Å². The van der Waals surface area contributed by atoms with Crippen LogP contribution in [0.25, 0.3) is 0 Å². The Balaban J connectivity index is 0. The molecule has 0 saturated heterocycles. The number of rotatable bonds is 0. The fourth-order valence-corrected chi connectivity index (χ4v) is 0. The van der Waals surface area contributed by atoms with Gasteiger partial charge in [-0.1, -0.05) is 0 Å². The predicted octanol–water partition coefficient (Wildman–Crippen LogP) is -12.0. The summed E-state index contributed by atoms with van der Waals surface area (Å²) in [5.41, 5.74) is 0. The number of hydrogen-bond donors (Lipinski definition) is 0. The van der Waals surface area contributed by atoms with Crippen LogP contribution in [0.15, 0.2) is 0 Å². The van der Waals surface area contributed by atoms with Gasteiger partial charge < -0.3 is 67.9 Å². The Bertz CT molecular complexity index is 3.61. The van der Waals surface area contributed by atoms with E-state index in [-0.39, 0.29) is 99.0 Å². The molecule has 0 amide bonds. The maximum Gasteiger partial charge on any atom is 4.00 e. The van der Waals surface area contributed by atoms with E-state index in [1.165, 1.54) is 0 Å². The average molecular weight is 558 g/mol. The summed E-state index contributed by atoms with van der Waals surface area (Å²) in [7, 11) is 0. The van der Waals surface area contributed by atoms with Crippen molar-refractivity contribution in [1.82, 2.24) is 0 Å². The van der Waals surface area contributed by atoms with Crippen LogP contribution in [-0.4, -0.2) is 0 Å². The summed E-state index contributed by atoms with van der Waals surface area (Å²) in [6, 6.07) is 0. The van der Waals surface area contributed by atoms with Crippen molar-refractivity contribution in [2.24, 2.45) is 0 Å². The molecule has 0 heterocycles. The van der Waals surface area contributed by atoms with Crippen molar-refractivity contribution < 1.29 is 99.0 Å². The first kappa shape index (κ1) is 43.9. The minimum atomic E-state index is 0. The smallest absolute Gasteiger partial charge is 1.00 e. The van der Waals surface area contributed by atoms with Crippen molar-refractivity contribution in [3.8, 4) is 0 Å². The van der Waals surface area contributed by atoms with Crippen molar-refractivity contribution in [2.75, 3.05) is 0 Å². The molecule has 0 aliphatic carbocycles. The van der Waals surface area contributed by atoms with Gasteiger partial charge in [-0.2, -0.15) is 0 Å². The number of halogens is 4. The second-order valence-corrected chi connectivity index (χ2v) is 0. The quantitative estimate of drug-likeness (QED) is 0.278. The SMILES string of the molecule is [Br-].[Br-].[Br-].[Br-].[U+4]. The zero-order chi connectivity index (χ0) is 0. The van der Waals surface area contributed by atoms with Crippen LogP contribution in [0.3, 0.4) is 0 Å². The molecule has 0 aliphatic rings. The van der Waals surface area contributed by atoms with Crippen LogP contribution in [0, 0.1) is 31.1 Å². The summed E-state index contributed by atoms with van der Waals surface area (Å²) in [6.45, 7) is 0. The van der Waals surface area contributed by atoms with Crippen molar-refractivity contribution in [1.29, 1.82) is 0 Å². The van der Waals surface area contributed by atoms with E-state index in [9.17, 15) is 0 Å². The second-order valence-electron chi connectivity index (χ2n) is 0. The largest absolute Gasteiger partial charge is 4.00 e. The Morgan fingerprint density at radius 1 is 0.400 bits per heavy atom. The molecule has 0 aliphatic heterocycles. The van der Waals surface area contributed by atoms with Gasteiger partial charge in [-0.15, -0.1) is 0 Å². The van der Waals surface area contributed by atoms with Crippen LogP contribution < -0.4 is 67.9 Å². The van der Waals surface area contributed by atoms with E-state index in [4.69, 9.17) is 0 Å². The molecule has 0 spiro atoms. The minimum Gasteiger partial charge on any atom is -1.00 e. The molecule has 0 unspecified atom stereocenters. The van der Waals surface area contributed by atoms with Gasteiger partial charge in [0.2, 0.25) is 0 Å². The average Bonchev–Trinajstić information content (AvgIpc) is 0. The summed E-state index contributed by atoms with van der Waals surface area (Å²) < 4.78 is 0. The van der Waals surface area contributed by atoms with Gasteiger partial charge in [0.25, 0.3) is 0 Å². The molecule has 0 radical (unpaired) electrons. The summed E-state index contributed by atoms with van der Waals surface area (Å²) in [5.74, 6) is 0. The third-order valence-electron chi connectivity index (χ3n) is 0. The molecule has 0 fully saturated rings. The Hall–Kier alpha value is 2.97. The third kappa shape index (κ3) is 19.5. The van der Waals surface area contributed by atoms with Crippen molar-refractivity contribution in [3.63, 3.8) is 0 Å². The number of hydrogen-bond acceptors (Lipinski definition) is 0. The molecule has 0 saturated carbocycles. The van der Waals surface area contributed by atoms with Crippen LogP contribution in [0.5, 0.6) is 0 Å². The molecule has 0 atom stereocenters. The molecular formula is Br4U. The van der Waals surface area contributed by atoms with Crippen LogP contribution in [-0.2, 0) is 0 Å². The molecular weight excluding hydrogens is 558 g/mol. The fraction of sp³-hybridized carbons (Fsp3) is 0. The third-order valence-corrected chi connectivity index (χ3v) is 0. The second kappa shape index (κ2) is 28.2. The Kier molecular flexibility index (Phi) is 247. The Morgan fingerprint density at radius 3 is 0.400 bits per heavy atom. The molecule has 0 bridgehead atoms. The summed E-state index contributed by atoms with van der Waals surface area (Å²) >= 11 is 0. The molecule has 0 aromatic rings. The van der Waals surface area contributed by atoms with Crippen LogP contribution in [0.4, 0.5) is 0 Å². The van der Waals surface area contributed by atoms with Gasteiger partial charge in [-0.3, -0.25) is 0 Å². The molecule has 0 nitrogen and oxygen atoms in total. The normalized spacial score (nSPS) is 0. The molecule has 0 N–H and O–H groups in total. The van der Waals surface area contributed by atoms with E-state index < -0.39 is 0 Å². The molecule has 5 heteroatoms. The molecule has 5 heavy (non-hydrogen) atoms. The van der Waals surface area contributed by atoms with Crippen molar-refractivity contribution >= 4 is 0 Å². The van der Waals surface area contributed by atoms with Crippen molar-refractivity contribution in [3.05, 3.63) is 0 Å². The topological polar surface area (TPSA) is 0 Å². The van der Waals surface area contributed by atoms with E-state index in [1.54, 1.807) is 0 Å². The Labute approximate surface area is 97.3 Å². The van der Waals surface area contributed by atoms with E-state index >= 15 is 0 Å². The van der Waals surface area contributed by atoms with E-state index in [2.05, 4.69) is 0 Å². The summed E-state index contributed by atoms with van der Waals surface area (Å²) in [6.07, 6.45) is 0. The maximum atomic E-state index is 0. The van der Waals surface area contributed by atoms with Crippen molar-refractivity contribution in [2.45, 2.75) is 0 Å². The molecule has 0 aromatic carbocycles. The van der Waals surface area contributed by atoms with Gasteiger partial charge in [0, 0.05) is 0 Å². The van der Waals surface area contributed by atoms with Gasteiger partial charge >= 0.3 is 31.1 Å². The zero-order valence-corrected chi connectivity index (χ0v) is 12.5. The van der Waals surface area contributed by atoms with Crippen LogP contribution in [0.2, 0.25) is 0 Å². The first-order chi connectivity index (χ1) is 0.